The smallest absolute Gasteiger partial charge is 0.337 e. The van der Waals surface area contributed by atoms with Crippen LogP contribution in [-0.4, -0.2) is 29.2 Å². The first kappa shape index (κ1) is 14.4. The number of nitrogens with zero attached hydrogens (tertiary/aromatic N) is 2. The van der Waals surface area contributed by atoms with Crippen LogP contribution in [0.3, 0.4) is 0 Å². The van der Waals surface area contributed by atoms with Crippen molar-refractivity contribution in [2.24, 2.45) is 0 Å². The van der Waals surface area contributed by atoms with E-state index in [0.717, 1.165) is 5.69 Å². The third-order valence-electron chi connectivity index (χ3n) is 2.55. The summed E-state index contributed by atoms with van der Waals surface area (Å²) in [7, 11) is 1.33. The van der Waals surface area contributed by atoms with Crippen LogP contribution in [0.5, 0.6) is 0 Å². The molecule has 0 aliphatic carbocycles. The highest BCUT2D eigenvalue weighted by Crippen LogP contribution is 2.16. The largest absolute Gasteiger partial charge is 0.465 e. The van der Waals surface area contributed by atoms with E-state index in [0.29, 0.717) is 17.2 Å². The number of rotatable bonds is 4. The summed E-state index contributed by atoms with van der Waals surface area (Å²) >= 11 is 0. The highest BCUT2D eigenvalue weighted by atomic mass is 16.5. The number of carbonyl (C=O) groups excluding carboxylic acids is 2. The number of hydrogen-bond acceptors (Lipinski definition) is 6. The first-order valence-electron chi connectivity index (χ1n) is 6.15. The lowest BCUT2D eigenvalue weighted by Gasteiger charge is -2.06. The number of nitrogens with one attached hydrogen (secondary N) is 2. The lowest BCUT2D eigenvalue weighted by Crippen LogP contribution is -2.08. The Morgan fingerprint density at radius 1 is 1.00 bits per heavy atom. The molecule has 0 saturated carbocycles. The number of aromatic nitrogens is 2. The summed E-state index contributed by atoms with van der Waals surface area (Å²) < 4.78 is 4.62. The molecule has 0 saturated heterocycles. The maximum atomic E-state index is 11.3. The summed E-state index contributed by atoms with van der Waals surface area (Å²) in [5.74, 6) is 0.313. The Bertz CT molecular complexity index is 638. The molecule has 0 radical (unpaired) electrons. The fraction of sp³-hybridized carbons (Fsp3) is 0.143. The molecule has 108 valence electrons. The van der Waals surface area contributed by atoms with E-state index >= 15 is 0 Å². The molecule has 0 aliphatic heterocycles. The van der Waals surface area contributed by atoms with E-state index in [1.807, 2.05) is 0 Å². The molecule has 7 heteroatoms. The molecule has 1 aromatic heterocycles. The molecule has 0 unspecified atom stereocenters. The molecule has 0 bridgehead atoms. The molecule has 7 nitrogen and oxygen atoms in total. The van der Waals surface area contributed by atoms with Crippen molar-refractivity contribution >= 4 is 29.2 Å². The Morgan fingerprint density at radius 2 is 1.62 bits per heavy atom. The van der Waals surface area contributed by atoms with E-state index in [1.165, 1.54) is 14.0 Å². The minimum absolute atomic E-state index is 0.205. The van der Waals surface area contributed by atoms with Gasteiger partial charge in [-0.1, -0.05) is 0 Å². The molecule has 21 heavy (non-hydrogen) atoms. The number of hydrogen-bond donors (Lipinski definition) is 2. The Hall–Kier alpha value is -2.96. The van der Waals surface area contributed by atoms with Gasteiger partial charge < -0.3 is 15.4 Å². The lowest BCUT2D eigenvalue weighted by atomic mass is 10.2. The Labute approximate surface area is 121 Å². The van der Waals surface area contributed by atoms with Crippen molar-refractivity contribution in [1.82, 2.24) is 10.2 Å². The van der Waals surface area contributed by atoms with E-state index in [1.54, 1.807) is 36.4 Å². The van der Waals surface area contributed by atoms with Gasteiger partial charge in [-0.15, -0.1) is 10.2 Å². The highest BCUT2D eigenvalue weighted by Gasteiger charge is 2.05. The second-order valence-electron chi connectivity index (χ2n) is 4.18. The molecule has 1 amide bonds. The number of anilines is 3. The average Bonchev–Trinajstić information content (AvgIpc) is 2.49. The van der Waals surface area contributed by atoms with Gasteiger partial charge in [0.1, 0.15) is 0 Å². The van der Waals surface area contributed by atoms with Crippen molar-refractivity contribution in [2.75, 3.05) is 17.7 Å². The summed E-state index contributed by atoms with van der Waals surface area (Å²) in [6, 6.07) is 10.1. The molecule has 2 N–H and O–H groups in total. The molecule has 1 heterocycles. The second kappa shape index (κ2) is 6.47. The van der Waals surface area contributed by atoms with Crippen molar-refractivity contribution < 1.29 is 14.3 Å². The fourth-order valence-electron chi connectivity index (χ4n) is 1.60. The van der Waals surface area contributed by atoms with Crippen molar-refractivity contribution in [2.45, 2.75) is 6.92 Å². The number of methoxy groups -OCH3 is 1. The van der Waals surface area contributed by atoms with Crippen LogP contribution < -0.4 is 10.6 Å². The number of benzene rings is 1. The summed E-state index contributed by atoms with van der Waals surface area (Å²) in [6.07, 6.45) is 0. The molecule has 0 aliphatic rings. The van der Waals surface area contributed by atoms with Gasteiger partial charge in [-0.2, -0.15) is 0 Å². The fourth-order valence-corrected chi connectivity index (χ4v) is 1.60. The van der Waals surface area contributed by atoms with Crippen LogP contribution in [0.4, 0.5) is 17.3 Å². The zero-order valence-corrected chi connectivity index (χ0v) is 11.6. The van der Waals surface area contributed by atoms with Crippen LogP contribution in [-0.2, 0) is 9.53 Å². The molecule has 0 fully saturated rings. The van der Waals surface area contributed by atoms with Gasteiger partial charge in [-0.25, -0.2) is 4.79 Å². The van der Waals surface area contributed by atoms with Gasteiger partial charge in [0.25, 0.3) is 0 Å². The van der Waals surface area contributed by atoms with Crippen LogP contribution in [0.2, 0.25) is 0 Å². The zero-order chi connectivity index (χ0) is 15.2. The van der Waals surface area contributed by atoms with Crippen LogP contribution in [0.1, 0.15) is 17.3 Å². The van der Waals surface area contributed by atoms with E-state index in [9.17, 15) is 9.59 Å². The molecule has 0 spiro atoms. The number of ether oxygens (including phenoxy) is 1. The van der Waals surface area contributed by atoms with Gasteiger partial charge in [0.15, 0.2) is 11.6 Å². The van der Waals surface area contributed by atoms with Crippen molar-refractivity contribution in [3.05, 3.63) is 42.0 Å². The number of amides is 1. The predicted octanol–water partition coefficient (Wildman–Crippen LogP) is 1.97. The summed E-state index contributed by atoms with van der Waals surface area (Å²) in [6.45, 7) is 1.40. The normalized spacial score (nSPS) is 9.81. The number of carbonyl (C=O) groups is 2. The minimum Gasteiger partial charge on any atom is -0.465 e. The van der Waals surface area contributed by atoms with E-state index in [4.69, 9.17) is 0 Å². The van der Waals surface area contributed by atoms with E-state index in [2.05, 4.69) is 25.6 Å². The predicted molar refractivity (Wildman–Crippen MR) is 77.4 cm³/mol. The molecular weight excluding hydrogens is 272 g/mol. The third kappa shape index (κ3) is 4.00. The number of esters is 1. The monoisotopic (exact) mass is 286 g/mol. The highest BCUT2D eigenvalue weighted by molar-refractivity contribution is 5.89. The Kier molecular flexibility index (Phi) is 4.45. The van der Waals surface area contributed by atoms with Gasteiger partial charge in [0.05, 0.1) is 12.7 Å². The van der Waals surface area contributed by atoms with Crippen LogP contribution >= 0.6 is 0 Å². The quantitative estimate of drug-likeness (QED) is 0.835. The molecule has 1 aromatic carbocycles. The van der Waals surface area contributed by atoms with Gasteiger partial charge in [-0.05, 0) is 36.4 Å². The van der Waals surface area contributed by atoms with Crippen LogP contribution in [0, 0.1) is 0 Å². The van der Waals surface area contributed by atoms with Gasteiger partial charge in [0.2, 0.25) is 5.91 Å². The van der Waals surface area contributed by atoms with Crippen LogP contribution in [0.15, 0.2) is 36.4 Å². The Morgan fingerprint density at radius 3 is 2.14 bits per heavy atom. The molecule has 0 atom stereocenters. The van der Waals surface area contributed by atoms with Crippen molar-refractivity contribution in [3.8, 4) is 0 Å². The second-order valence-corrected chi connectivity index (χ2v) is 4.18. The SMILES string of the molecule is COC(=O)c1ccc(Nc2ccc(NC(C)=O)nn2)cc1. The van der Waals surface area contributed by atoms with Crippen LogP contribution in [0.25, 0.3) is 0 Å². The maximum Gasteiger partial charge on any atom is 0.337 e. The summed E-state index contributed by atoms with van der Waals surface area (Å²) in [5, 5.41) is 13.3. The lowest BCUT2D eigenvalue weighted by molar-refractivity contribution is -0.114. The van der Waals surface area contributed by atoms with Crippen molar-refractivity contribution in [1.29, 1.82) is 0 Å². The zero-order valence-electron chi connectivity index (χ0n) is 11.6. The van der Waals surface area contributed by atoms with Crippen molar-refractivity contribution in [3.63, 3.8) is 0 Å². The first-order valence-corrected chi connectivity index (χ1v) is 6.15. The Balaban J connectivity index is 2.04. The summed E-state index contributed by atoms with van der Waals surface area (Å²) in [4.78, 5) is 22.2. The topological polar surface area (TPSA) is 93.2 Å². The molecule has 2 rings (SSSR count). The standard InChI is InChI=1S/C14H14N4O3/c1-9(19)15-12-7-8-13(18-17-12)16-11-5-3-10(4-6-11)14(20)21-2/h3-8H,1-2H3,(H,16,18)(H,15,17,19). The van der Waals surface area contributed by atoms with E-state index < -0.39 is 0 Å². The van der Waals surface area contributed by atoms with E-state index in [-0.39, 0.29) is 11.9 Å². The van der Waals surface area contributed by atoms with Gasteiger partial charge >= 0.3 is 5.97 Å². The summed E-state index contributed by atoms with van der Waals surface area (Å²) in [5.41, 5.74) is 1.22. The minimum atomic E-state index is -0.388. The molecular formula is C14H14N4O3. The third-order valence-corrected chi connectivity index (χ3v) is 2.55. The average molecular weight is 286 g/mol. The first-order chi connectivity index (χ1) is 10.1. The van der Waals surface area contributed by atoms with Gasteiger partial charge in [0, 0.05) is 12.6 Å². The maximum absolute atomic E-state index is 11.3. The van der Waals surface area contributed by atoms with Gasteiger partial charge in [-0.3, -0.25) is 4.79 Å². The molecule has 2 aromatic rings.